The molecule has 3 heterocycles. The van der Waals surface area contributed by atoms with E-state index in [9.17, 15) is 4.79 Å². The number of nitrogens with one attached hydrogen (secondary N) is 2. The Bertz CT molecular complexity index is 1550. The Morgan fingerprint density at radius 1 is 0.932 bits per heavy atom. The number of aromatic nitrogens is 3. The lowest BCUT2D eigenvalue weighted by molar-refractivity contribution is 0.0369. The summed E-state index contributed by atoms with van der Waals surface area (Å²) in [5, 5.41) is 8.00. The first-order chi connectivity index (χ1) is 21.5. The van der Waals surface area contributed by atoms with Gasteiger partial charge in [0, 0.05) is 69.1 Å². The number of para-hydroxylation sites is 1. The van der Waals surface area contributed by atoms with Crippen molar-refractivity contribution in [1.82, 2.24) is 24.8 Å². The zero-order valence-electron chi connectivity index (χ0n) is 26.3. The van der Waals surface area contributed by atoms with Crippen molar-refractivity contribution in [3.8, 4) is 11.3 Å². The summed E-state index contributed by atoms with van der Waals surface area (Å²) in [4.78, 5) is 27.8. The molecule has 232 valence electrons. The summed E-state index contributed by atoms with van der Waals surface area (Å²) in [6, 6.07) is 21.1. The Morgan fingerprint density at radius 2 is 1.64 bits per heavy atom. The second-order valence-corrected chi connectivity index (χ2v) is 12.3. The van der Waals surface area contributed by atoms with E-state index in [0.29, 0.717) is 5.95 Å². The van der Waals surface area contributed by atoms with Crippen molar-refractivity contribution in [3.05, 3.63) is 71.9 Å². The number of carbonyl (C=O) groups excluding carboxylic acids is 1. The maximum Gasteiger partial charge on any atom is 0.253 e. The molecule has 2 aromatic carbocycles. The zero-order valence-corrected chi connectivity index (χ0v) is 26.3. The van der Waals surface area contributed by atoms with E-state index in [2.05, 4.69) is 63.4 Å². The van der Waals surface area contributed by atoms with E-state index >= 15 is 0 Å². The van der Waals surface area contributed by atoms with Gasteiger partial charge in [0.25, 0.3) is 5.91 Å². The lowest BCUT2D eigenvalue weighted by atomic mass is 9.91. The Morgan fingerprint density at radius 3 is 2.39 bits per heavy atom. The van der Waals surface area contributed by atoms with E-state index in [-0.39, 0.29) is 18.0 Å². The molecule has 0 unspecified atom stereocenters. The molecule has 44 heavy (non-hydrogen) atoms. The summed E-state index contributed by atoms with van der Waals surface area (Å²) in [7, 11) is 4.02. The minimum Gasteiger partial charge on any atom is -0.379 e. The van der Waals surface area contributed by atoms with Crippen LogP contribution in [0.4, 0.5) is 11.8 Å². The highest BCUT2D eigenvalue weighted by molar-refractivity contribution is 5.97. The molecular formula is C35H45N7O2. The normalized spacial score (nSPS) is 19.2. The van der Waals surface area contributed by atoms with Gasteiger partial charge < -0.3 is 24.8 Å². The maximum absolute atomic E-state index is 13.7. The van der Waals surface area contributed by atoms with Crippen LogP contribution >= 0.6 is 0 Å². The number of amides is 1. The average molecular weight is 596 g/mol. The van der Waals surface area contributed by atoms with Crippen LogP contribution in [-0.2, 0) is 11.3 Å². The van der Waals surface area contributed by atoms with Crippen LogP contribution in [0, 0.1) is 6.92 Å². The SMILES string of the molecule is Cc1c(C(=O)N[C@H]2CC[C@@H](Nc3nc(N(C)C)c4ccccc4n3)CC2)cc(-c2ccccc2)n1CCCN1CCOCC1. The molecule has 4 aromatic rings. The third-order valence-electron chi connectivity index (χ3n) is 9.04. The number of fused-ring (bicyclic) bond motifs is 1. The van der Waals surface area contributed by atoms with Crippen LogP contribution < -0.4 is 15.5 Å². The van der Waals surface area contributed by atoms with Gasteiger partial charge in [0.15, 0.2) is 0 Å². The Balaban J connectivity index is 1.09. The molecule has 0 spiro atoms. The standard InChI is InChI=1S/C35H45N7O2/c1-25-30(24-32(26-10-5-4-6-11-26)42(25)19-9-18-41-20-22-44-23-21-41)34(43)36-27-14-16-28(17-15-27)37-35-38-31-13-8-7-12-29(31)33(39-35)40(2)3/h4-8,10-13,24,27-28H,9,14-23H2,1-3H3,(H,36,43)(H,37,38,39)/t27-,28+. The number of morpholine rings is 1. The highest BCUT2D eigenvalue weighted by atomic mass is 16.5. The number of benzene rings is 2. The molecular weight excluding hydrogens is 550 g/mol. The highest BCUT2D eigenvalue weighted by Crippen LogP contribution is 2.29. The van der Waals surface area contributed by atoms with Crippen LogP contribution in [0.2, 0.25) is 0 Å². The quantitative estimate of drug-likeness (QED) is 0.256. The molecule has 1 saturated heterocycles. The lowest BCUT2D eigenvalue weighted by Gasteiger charge is -2.30. The molecule has 9 nitrogen and oxygen atoms in total. The molecule has 0 atom stereocenters. The molecule has 2 aliphatic rings. The van der Waals surface area contributed by atoms with Gasteiger partial charge in [0.1, 0.15) is 5.82 Å². The van der Waals surface area contributed by atoms with Crippen LogP contribution in [0.15, 0.2) is 60.7 Å². The Labute approximate surface area is 260 Å². The van der Waals surface area contributed by atoms with Gasteiger partial charge in [-0.2, -0.15) is 4.98 Å². The summed E-state index contributed by atoms with van der Waals surface area (Å²) in [6.45, 7) is 7.62. The van der Waals surface area contributed by atoms with Gasteiger partial charge in [-0.1, -0.05) is 42.5 Å². The van der Waals surface area contributed by atoms with Crippen LogP contribution in [0.25, 0.3) is 22.2 Å². The maximum atomic E-state index is 13.7. The van der Waals surface area contributed by atoms with Gasteiger partial charge in [0.05, 0.1) is 24.3 Å². The fraction of sp³-hybridized carbons (Fsp3) is 0.457. The van der Waals surface area contributed by atoms with Gasteiger partial charge >= 0.3 is 0 Å². The summed E-state index contributed by atoms with van der Waals surface area (Å²) >= 11 is 0. The topological polar surface area (TPSA) is 87.6 Å². The molecule has 1 aliphatic carbocycles. The number of hydrogen-bond donors (Lipinski definition) is 2. The molecule has 6 rings (SSSR count). The average Bonchev–Trinajstić information content (AvgIpc) is 3.38. The molecule has 0 radical (unpaired) electrons. The second-order valence-electron chi connectivity index (χ2n) is 12.3. The van der Waals surface area contributed by atoms with Crippen LogP contribution in [0.3, 0.4) is 0 Å². The monoisotopic (exact) mass is 595 g/mol. The van der Waals surface area contributed by atoms with E-state index in [1.165, 1.54) is 0 Å². The zero-order chi connectivity index (χ0) is 30.5. The summed E-state index contributed by atoms with van der Waals surface area (Å²) in [6.07, 6.45) is 4.78. The van der Waals surface area contributed by atoms with Gasteiger partial charge in [-0.15, -0.1) is 0 Å². The van der Waals surface area contributed by atoms with Crippen LogP contribution in [-0.4, -0.2) is 84.4 Å². The molecule has 2 fully saturated rings. The van der Waals surface area contributed by atoms with E-state index < -0.39 is 0 Å². The number of anilines is 2. The third kappa shape index (κ3) is 6.89. The van der Waals surface area contributed by atoms with Crippen molar-refractivity contribution in [1.29, 1.82) is 0 Å². The molecule has 0 bridgehead atoms. The molecule has 2 N–H and O–H groups in total. The van der Waals surface area contributed by atoms with E-state index in [1.807, 2.05) is 43.3 Å². The predicted octanol–water partition coefficient (Wildman–Crippen LogP) is 5.35. The summed E-state index contributed by atoms with van der Waals surface area (Å²) < 4.78 is 7.84. The van der Waals surface area contributed by atoms with Crippen molar-refractivity contribution in [2.75, 3.05) is 57.2 Å². The van der Waals surface area contributed by atoms with E-state index in [1.54, 1.807) is 0 Å². The number of ether oxygens (including phenoxy) is 1. The Hall–Kier alpha value is -3.95. The predicted molar refractivity (Wildman–Crippen MR) is 177 cm³/mol. The van der Waals surface area contributed by atoms with E-state index in [4.69, 9.17) is 14.7 Å². The first-order valence-corrected chi connectivity index (χ1v) is 16.0. The third-order valence-corrected chi connectivity index (χ3v) is 9.04. The van der Waals surface area contributed by atoms with Crippen LogP contribution in [0.1, 0.15) is 48.2 Å². The van der Waals surface area contributed by atoms with Crippen molar-refractivity contribution in [3.63, 3.8) is 0 Å². The number of carbonyl (C=O) groups is 1. The molecule has 2 aromatic heterocycles. The van der Waals surface area contributed by atoms with Gasteiger partial charge in [-0.05, 0) is 62.8 Å². The molecule has 1 aliphatic heterocycles. The molecule has 1 saturated carbocycles. The first-order valence-electron chi connectivity index (χ1n) is 16.0. The molecule has 9 heteroatoms. The number of nitrogens with zero attached hydrogens (tertiary/aromatic N) is 5. The highest BCUT2D eigenvalue weighted by Gasteiger charge is 2.26. The van der Waals surface area contributed by atoms with Crippen molar-refractivity contribution in [2.45, 2.75) is 57.7 Å². The second kappa shape index (κ2) is 13.8. The minimum absolute atomic E-state index is 0.0245. The molecule has 1 amide bonds. The lowest BCUT2D eigenvalue weighted by Crippen LogP contribution is -2.40. The fourth-order valence-electron chi connectivity index (χ4n) is 6.58. The van der Waals surface area contributed by atoms with E-state index in [0.717, 1.165) is 111 Å². The first kappa shape index (κ1) is 30.1. The van der Waals surface area contributed by atoms with Crippen molar-refractivity contribution >= 4 is 28.6 Å². The van der Waals surface area contributed by atoms with Gasteiger partial charge in [0.2, 0.25) is 5.95 Å². The summed E-state index contributed by atoms with van der Waals surface area (Å²) in [5.41, 5.74) is 4.99. The van der Waals surface area contributed by atoms with Gasteiger partial charge in [-0.3, -0.25) is 9.69 Å². The smallest absolute Gasteiger partial charge is 0.253 e. The Kier molecular flexibility index (Phi) is 9.43. The van der Waals surface area contributed by atoms with Crippen molar-refractivity contribution in [2.24, 2.45) is 0 Å². The number of hydrogen-bond acceptors (Lipinski definition) is 7. The summed E-state index contributed by atoms with van der Waals surface area (Å²) in [5.74, 6) is 1.60. The fourth-order valence-corrected chi connectivity index (χ4v) is 6.58. The number of rotatable bonds is 10. The largest absolute Gasteiger partial charge is 0.379 e. The van der Waals surface area contributed by atoms with Gasteiger partial charge in [-0.25, -0.2) is 4.98 Å². The minimum atomic E-state index is 0.0245. The van der Waals surface area contributed by atoms with Crippen molar-refractivity contribution < 1.29 is 9.53 Å². The van der Waals surface area contributed by atoms with Crippen LogP contribution in [0.5, 0.6) is 0 Å².